The van der Waals surface area contributed by atoms with Gasteiger partial charge in [0.15, 0.2) is 6.10 Å². The SMILES string of the molecule is O=C(C(O)c1ccccc1)N1C[C@@H]2CCC[C@@]2(C(=O)O)C1. The predicted molar refractivity (Wildman–Crippen MR) is 75.4 cm³/mol. The van der Waals surface area contributed by atoms with Crippen LogP contribution in [0.15, 0.2) is 30.3 Å². The summed E-state index contributed by atoms with van der Waals surface area (Å²) in [5.41, 5.74) is -0.254. The number of aliphatic carboxylic acids is 1. The number of hydrogen-bond acceptors (Lipinski definition) is 3. The molecule has 3 atom stereocenters. The van der Waals surface area contributed by atoms with Crippen molar-refractivity contribution >= 4 is 11.9 Å². The first-order valence-corrected chi connectivity index (χ1v) is 7.30. The molecule has 21 heavy (non-hydrogen) atoms. The van der Waals surface area contributed by atoms with Crippen molar-refractivity contribution in [1.29, 1.82) is 0 Å². The van der Waals surface area contributed by atoms with E-state index in [9.17, 15) is 19.8 Å². The van der Waals surface area contributed by atoms with Crippen LogP contribution in [-0.2, 0) is 9.59 Å². The van der Waals surface area contributed by atoms with Crippen LogP contribution < -0.4 is 0 Å². The molecule has 112 valence electrons. The van der Waals surface area contributed by atoms with Gasteiger partial charge in [-0.3, -0.25) is 9.59 Å². The van der Waals surface area contributed by atoms with Crippen molar-refractivity contribution in [3.05, 3.63) is 35.9 Å². The van der Waals surface area contributed by atoms with E-state index < -0.39 is 23.4 Å². The third-order valence-corrected chi connectivity index (χ3v) is 4.96. The number of aliphatic hydroxyl groups is 1. The highest BCUT2D eigenvalue weighted by Crippen LogP contribution is 2.49. The van der Waals surface area contributed by atoms with Crippen molar-refractivity contribution in [2.24, 2.45) is 11.3 Å². The van der Waals surface area contributed by atoms with Gasteiger partial charge in [0.1, 0.15) is 0 Å². The second-order valence-electron chi connectivity index (χ2n) is 6.08. The summed E-state index contributed by atoms with van der Waals surface area (Å²) in [5.74, 6) is -1.19. The van der Waals surface area contributed by atoms with Gasteiger partial charge in [-0.05, 0) is 24.3 Å². The van der Waals surface area contributed by atoms with E-state index in [-0.39, 0.29) is 12.5 Å². The maximum atomic E-state index is 12.4. The summed E-state index contributed by atoms with van der Waals surface area (Å²) in [6.07, 6.45) is 1.16. The molecule has 1 aliphatic heterocycles. The normalized spacial score (nSPS) is 29.2. The van der Waals surface area contributed by atoms with Gasteiger partial charge in [0.25, 0.3) is 5.91 Å². The fourth-order valence-corrected chi connectivity index (χ4v) is 3.76. The number of hydrogen-bond donors (Lipinski definition) is 2. The second kappa shape index (κ2) is 5.15. The van der Waals surface area contributed by atoms with Crippen LogP contribution in [0.25, 0.3) is 0 Å². The molecule has 1 aromatic carbocycles. The van der Waals surface area contributed by atoms with Crippen LogP contribution >= 0.6 is 0 Å². The molecule has 5 nitrogen and oxygen atoms in total. The number of benzene rings is 1. The summed E-state index contributed by atoms with van der Waals surface area (Å²) < 4.78 is 0. The molecular weight excluding hydrogens is 270 g/mol. The molecule has 0 aromatic heterocycles. The zero-order chi connectivity index (χ0) is 15.0. The van der Waals surface area contributed by atoms with E-state index in [0.717, 1.165) is 12.8 Å². The predicted octanol–water partition coefficient (Wildman–Crippen LogP) is 1.43. The number of amides is 1. The number of carboxylic acids is 1. The van der Waals surface area contributed by atoms with E-state index in [1.807, 2.05) is 6.07 Å². The average Bonchev–Trinajstić information content (AvgIpc) is 3.04. The number of carboxylic acid groups (broad SMARTS) is 1. The smallest absolute Gasteiger partial charge is 0.311 e. The van der Waals surface area contributed by atoms with Gasteiger partial charge in [0.05, 0.1) is 5.41 Å². The van der Waals surface area contributed by atoms with E-state index in [4.69, 9.17) is 0 Å². The maximum absolute atomic E-state index is 12.4. The van der Waals surface area contributed by atoms with Crippen molar-refractivity contribution in [3.63, 3.8) is 0 Å². The Bertz CT molecular complexity index is 559. The van der Waals surface area contributed by atoms with Gasteiger partial charge < -0.3 is 15.1 Å². The summed E-state index contributed by atoms with van der Waals surface area (Å²) in [7, 11) is 0. The molecule has 1 amide bonds. The quantitative estimate of drug-likeness (QED) is 0.882. The lowest BCUT2D eigenvalue weighted by Gasteiger charge is -2.24. The van der Waals surface area contributed by atoms with Gasteiger partial charge in [-0.2, -0.15) is 0 Å². The summed E-state index contributed by atoms with van der Waals surface area (Å²) in [6, 6.07) is 8.76. The highest BCUT2D eigenvalue weighted by Gasteiger charge is 2.56. The first kappa shape index (κ1) is 14.1. The summed E-state index contributed by atoms with van der Waals surface area (Å²) in [5, 5.41) is 19.7. The van der Waals surface area contributed by atoms with Gasteiger partial charge >= 0.3 is 5.97 Å². The van der Waals surface area contributed by atoms with Gasteiger partial charge in [-0.15, -0.1) is 0 Å². The van der Waals surface area contributed by atoms with Crippen molar-refractivity contribution in [3.8, 4) is 0 Å². The number of nitrogens with zero attached hydrogens (tertiary/aromatic N) is 1. The molecular formula is C16H19NO4. The third kappa shape index (κ3) is 2.21. The number of aliphatic hydroxyl groups excluding tert-OH is 1. The fourth-order valence-electron chi connectivity index (χ4n) is 3.76. The Hall–Kier alpha value is -1.88. The van der Waals surface area contributed by atoms with E-state index in [0.29, 0.717) is 18.5 Å². The minimum atomic E-state index is -1.21. The zero-order valence-electron chi connectivity index (χ0n) is 11.7. The minimum Gasteiger partial charge on any atom is -0.481 e. The molecule has 1 aromatic rings. The number of fused-ring (bicyclic) bond motifs is 1. The molecule has 1 saturated heterocycles. The van der Waals surface area contributed by atoms with Gasteiger partial charge in [-0.25, -0.2) is 0 Å². The molecule has 0 bridgehead atoms. The van der Waals surface area contributed by atoms with Crippen molar-refractivity contribution in [2.45, 2.75) is 25.4 Å². The van der Waals surface area contributed by atoms with Gasteiger partial charge in [0.2, 0.25) is 0 Å². The number of carbonyl (C=O) groups is 2. The molecule has 2 fully saturated rings. The number of rotatable bonds is 3. The van der Waals surface area contributed by atoms with Crippen LogP contribution in [0.2, 0.25) is 0 Å². The molecule has 2 aliphatic rings. The summed E-state index contributed by atoms with van der Waals surface area (Å²) in [6.45, 7) is 0.657. The molecule has 5 heteroatoms. The Morgan fingerprint density at radius 2 is 2.00 bits per heavy atom. The van der Waals surface area contributed by atoms with Crippen LogP contribution in [0.3, 0.4) is 0 Å². The van der Waals surface area contributed by atoms with Gasteiger partial charge in [-0.1, -0.05) is 36.8 Å². The Kier molecular flexibility index (Phi) is 3.45. The molecule has 1 saturated carbocycles. The average molecular weight is 289 g/mol. The van der Waals surface area contributed by atoms with Crippen LogP contribution in [0.1, 0.15) is 30.9 Å². The largest absolute Gasteiger partial charge is 0.481 e. The standard InChI is InChI=1S/C16H19NO4/c18-13(11-5-2-1-3-6-11)14(19)17-9-12-7-4-8-16(12,10-17)15(20)21/h1-3,5-6,12-13,18H,4,7-10H2,(H,20,21)/t12-,13?,16+/m0/s1. The van der Waals surface area contributed by atoms with Crippen LogP contribution in [0.5, 0.6) is 0 Å². The maximum Gasteiger partial charge on any atom is 0.311 e. The molecule has 1 aliphatic carbocycles. The second-order valence-corrected chi connectivity index (χ2v) is 6.08. The molecule has 3 rings (SSSR count). The highest BCUT2D eigenvalue weighted by atomic mass is 16.4. The zero-order valence-corrected chi connectivity index (χ0v) is 11.7. The number of likely N-dealkylation sites (tertiary alicyclic amines) is 1. The lowest BCUT2D eigenvalue weighted by atomic mass is 9.81. The Morgan fingerprint density at radius 1 is 1.29 bits per heavy atom. The van der Waals surface area contributed by atoms with E-state index >= 15 is 0 Å². The Balaban J connectivity index is 1.77. The summed E-state index contributed by atoms with van der Waals surface area (Å²) in [4.78, 5) is 25.6. The van der Waals surface area contributed by atoms with Gasteiger partial charge in [0, 0.05) is 13.1 Å². The van der Waals surface area contributed by atoms with Crippen LogP contribution in [0.4, 0.5) is 0 Å². The Morgan fingerprint density at radius 3 is 2.62 bits per heavy atom. The first-order chi connectivity index (χ1) is 10.0. The molecule has 1 heterocycles. The topological polar surface area (TPSA) is 77.8 Å². The Labute approximate surface area is 123 Å². The van der Waals surface area contributed by atoms with Crippen molar-refractivity contribution in [2.75, 3.05) is 13.1 Å². The lowest BCUT2D eigenvalue weighted by Crippen LogP contribution is -2.38. The van der Waals surface area contributed by atoms with Crippen molar-refractivity contribution in [1.82, 2.24) is 4.90 Å². The molecule has 0 spiro atoms. The highest BCUT2D eigenvalue weighted by molar-refractivity contribution is 5.84. The van der Waals surface area contributed by atoms with E-state index in [1.165, 1.54) is 4.90 Å². The minimum absolute atomic E-state index is 0.0157. The lowest BCUT2D eigenvalue weighted by molar-refractivity contribution is -0.150. The van der Waals surface area contributed by atoms with Crippen LogP contribution in [-0.4, -0.2) is 40.1 Å². The van der Waals surface area contributed by atoms with E-state index in [1.54, 1.807) is 24.3 Å². The third-order valence-electron chi connectivity index (χ3n) is 4.96. The molecule has 2 N–H and O–H groups in total. The number of carbonyl (C=O) groups excluding carboxylic acids is 1. The molecule has 1 unspecified atom stereocenters. The first-order valence-electron chi connectivity index (χ1n) is 7.30. The van der Waals surface area contributed by atoms with Crippen LogP contribution in [0, 0.1) is 11.3 Å². The monoisotopic (exact) mass is 289 g/mol. The fraction of sp³-hybridized carbons (Fsp3) is 0.500. The molecule has 0 radical (unpaired) electrons. The van der Waals surface area contributed by atoms with Crippen molar-refractivity contribution < 1.29 is 19.8 Å². The van der Waals surface area contributed by atoms with E-state index in [2.05, 4.69) is 0 Å². The summed E-state index contributed by atoms with van der Waals surface area (Å²) >= 11 is 0.